The van der Waals surface area contributed by atoms with Crippen molar-refractivity contribution in [2.45, 2.75) is 37.6 Å². The summed E-state index contributed by atoms with van der Waals surface area (Å²) in [5.74, 6) is 0.534. The van der Waals surface area contributed by atoms with Crippen LogP contribution in [0.4, 0.5) is 13.2 Å². The number of halogens is 3. The minimum Gasteiger partial charge on any atom is -0.496 e. The number of amides is 1. The Hall–Kier alpha value is -3.47. The van der Waals surface area contributed by atoms with Gasteiger partial charge in [-0.1, -0.05) is 12.1 Å². The number of benzene rings is 2. The van der Waals surface area contributed by atoms with Gasteiger partial charge >= 0.3 is 6.18 Å². The fourth-order valence-corrected chi connectivity index (χ4v) is 3.78. The van der Waals surface area contributed by atoms with Crippen molar-refractivity contribution in [1.82, 2.24) is 30.8 Å². The second-order valence-corrected chi connectivity index (χ2v) is 7.44. The van der Waals surface area contributed by atoms with Gasteiger partial charge < -0.3 is 15.4 Å². The molecule has 1 aliphatic heterocycles. The van der Waals surface area contributed by atoms with E-state index in [0.29, 0.717) is 30.7 Å². The number of aromatic nitrogens is 4. The highest BCUT2D eigenvalue weighted by Gasteiger charge is 2.33. The largest absolute Gasteiger partial charge is 0.496 e. The Morgan fingerprint density at radius 1 is 1.22 bits per heavy atom. The van der Waals surface area contributed by atoms with E-state index in [-0.39, 0.29) is 11.9 Å². The van der Waals surface area contributed by atoms with Crippen LogP contribution in [0.1, 0.15) is 35.6 Å². The van der Waals surface area contributed by atoms with Gasteiger partial charge in [0.1, 0.15) is 12.1 Å². The molecule has 8 nitrogen and oxygen atoms in total. The van der Waals surface area contributed by atoms with E-state index in [1.807, 2.05) is 18.2 Å². The molecule has 2 heterocycles. The smallest absolute Gasteiger partial charge is 0.416 e. The maximum atomic E-state index is 12.9. The number of carbonyl (C=O) groups excluding carboxylic acids is 1. The fourth-order valence-electron chi connectivity index (χ4n) is 3.78. The summed E-state index contributed by atoms with van der Waals surface area (Å²) in [4.78, 5) is 12.0. The van der Waals surface area contributed by atoms with Gasteiger partial charge in [-0.3, -0.25) is 4.79 Å². The Morgan fingerprint density at radius 2 is 2.00 bits per heavy atom. The van der Waals surface area contributed by atoms with Crippen molar-refractivity contribution in [2.24, 2.45) is 0 Å². The Kier molecular flexibility index (Phi) is 6.08. The highest BCUT2D eigenvalue weighted by molar-refractivity contribution is 5.77. The van der Waals surface area contributed by atoms with Crippen LogP contribution in [0.5, 0.6) is 5.75 Å². The Morgan fingerprint density at radius 3 is 2.66 bits per heavy atom. The molecule has 1 aliphatic rings. The van der Waals surface area contributed by atoms with Crippen LogP contribution < -0.4 is 15.4 Å². The predicted octanol–water partition coefficient (Wildman–Crippen LogP) is 2.80. The summed E-state index contributed by atoms with van der Waals surface area (Å²) in [6, 6.07) is 9.78. The number of alkyl halides is 3. The van der Waals surface area contributed by atoms with E-state index in [1.165, 1.54) is 23.1 Å². The van der Waals surface area contributed by atoms with Gasteiger partial charge in [-0.05, 0) is 52.7 Å². The minimum absolute atomic E-state index is 0.133. The van der Waals surface area contributed by atoms with Crippen LogP contribution in [0.2, 0.25) is 0 Å². The molecule has 2 N–H and O–H groups in total. The molecule has 4 rings (SSSR count). The molecule has 0 spiro atoms. The normalized spacial score (nSPS) is 18.9. The van der Waals surface area contributed by atoms with Crippen molar-refractivity contribution in [3.05, 3.63) is 65.5 Å². The molecule has 11 heteroatoms. The molecule has 0 bridgehead atoms. The number of hydrogen-bond donors (Lipinski definition) is 2. The van der Waals surface area contributed by atoms with Gasteiger partial charge in [-0.15, -0.1) is 5.10 Å². The number of hydrogen-bond acceptors (Lipinski definition) is 6. The zero-order valence-electron chi connectivity index (χ0n) is 17.1. The summed E-state index contributed by atoms with van der Waals surface area (Å²) in [6.45, 7) is 0.414. The lowest BCUT2D eigenvalue weighted by Gasteiger charge is -2.33. The lowest BCUT2D eigenvalue weighted by Crippen LogP contribution is -2.48. The molecule has 32 heavy (non-hydrogen) atoms. The Bertz CT molecular complexity index is 1070. The minimum atomic E-state index is -4.41. The zero-order valence-corrected chi connectivity index (χ0v) is 17.1. The van der Waals surface area contributed by atoms with Crippen LogP contribution in [-0.2, 0) is 17.5 Å². The highest BCUT2D eigenvalue weighted by atomic mass is 19.4. The van der Waals surface area contributed by atoms with E-state index >= 15 is 0 Å². The molecular weight excluding hydrogens is 425 g/mol. The van der Waals surface area contributed by atoms with Crippen LogP contribution in [0.25, 0.3) is 5.69 Å². The van der Waals surface area contributed by atoms with E-state index in [9.17, 15) is 18.0 Å². The maximum absolute atomic E-state index is 12.9. The van der Waals surface area contributed by atoms with Crippen molar-refractivity contribution in [2.75, 3.05) is 7.11 Å². The molecule has 0 aliphatic carbocycles. The standard InChI is InChI=1S/C21H21F3N6O2/c1-32-18-8-6-16(30-12-26-28-29-30)10-14(18)11-25-17-7-9-19(31)27-20(17)13-2-4-15(5-3-13)21(22,23)24/h2-6,8,10,12,17,20,25H,7,9,11H2,1H3,(H,27,31)/t17-,20-/m0/s1. The molecule has 1 amide bonds. The first-order valence-electron chi connectivity index (χ1n) is 9.95. The molecule has 2 aromatic carbocycles. The SMILES string of the molecule is COc1ccc(-n2cnnn2)cc1CN[C@H]1CCC(=O)N[C@H]1c1ccc(C(F)(F)F)cc1. The van der Waals surface area contributed by atoms with E-state index in [0.717, 1.165) is 23.4 Å². The number of nitrogens with one attached hydrogen (secondary N) is 2. The predicted molar refractivity (Wildman–Crippen MR) is 108 cm³/mol. The van der Waals surface area contributed by atoms with E-state index in [4.69, 9.17) is 4.74 Å². The van der Waals surface area contributed by atoms with Crippen molar-refractivity contribution >= 4 is 5.91 Å². The summed E-state index contributed by atoms with van der Waals surface area (Å²) in [6.07, 6.45) is -2.05. The van der Waals surface area contributed by atoms with E-state index in [2.05, 4.69) is 26.2 Å². The average Bonchev–Trinajstić information content (AvgIpc) is 3.32. The molecule has 1 saturated heterocycles. The molecule has 0 saturated carbocycles. The van der Waals surface area contributed by atoms with Crippen LogP contribution >= 0.6 is 0 Å². The monoisotopic (exact) mass is 446 g/mol. The van der Waals surface area contributed by atoms with Crippen LogP contribution in [0, 0.1) is 0 Å². The third-order valence-electron chi connectivity index (χ3n) is 5.43. The lowest BCUT2D eigenvalue weighted by atomic mass is 9.91. The second-order valence-electron chi connectivity index (χ2n) is 7.44. The number of tetrazole rings is 1. The maximum Gasteiger partial charge on any atom is 0.416 e. The Balaban J connectivity index is 1.53. The average molecular weight is 446 g/mol. The second kappa shape index (κ2) is 8.95. The third kappa shape index (κ3) is 4.72. The number of piperidine rings is 1. The van der Waals surface area contributed by atoms with Gasteiger partial charge in [0.05, 0.1) is 24.4 Å². The van der Waals surface area contributed by atoms with Crippen molar-refractivity contribution in [3.8, 4) is 11.4 Å². The number of rotatable bonds is 6. The summed E-state index contributed by atoms with van der Waals surface area (Å²) < 4.78 is 45.7. The third-order valence-corrected chi connectivity index (χ3v) is 5.43. The molecule has 0 unspecified atom stereocenters. The quantitative estimate of drug-likeness (QED) is 0.605. The number of methoxy groups -OCH3 is 1. The van der Waals surface area contributed by atoms with Crippen molar-refractivity contribution < 1.29 is 22.7 Å². The first-order valence-corrected chi connectivity index (χ1v) is 9.95. The van der Waals surface area contributed by atoms with Crippen LogP contribution in [-0.4, -0.2) is 39.3 Å². The van der Waals surface area contributed by atoms with Crippen LogP contribution in [0.3, 0.4) is 0 Å². The zero-order chi connectivity index (χ0) is 22.7. The molecular formula is C21H21F3N6O2. The first kappa shape index (κ1) is 21.8. The van der Waals surface area contributed by atoms with Gasteiger partial charge in [-0.2, -0.15) is 13.2 Å². The molecule has 2 atom stereocenters. The van der Waals surface area contributed by atoms with Crippen molar-refractivity contribution in [1.29, 1.82) is 0 Å². The van der Waals surface area contributed by atoms with Gasteiger partial charge in [0.25, 0.3) is 0 Å². The summed E-state index contributed by atoms with van der Waals surface area (Å²) in [5, 5.41) is 17.5. The van der Waals surface area contributed by atoms with Gasteiger partial charge in [0.15, 0.2) is 0 Å². The topological polar surface area (TPSA) is 94.0 Å². The van der Waals surface area contributed by atoms with Crippen molar-refractivity contribution in [3.63, 3.8) is 0 Å². The summed E-state index contributed by atoms with van der Waals surface area (Å²) in [5.41, 5.74) is 1.49. The van der Waals surface area contributed by atoms with Gasteiger partial charge in [0.2, 0.25) is 5.91 Å². The lowest BCUT2D eigenvalue weighted by molar-refractivity contribution is -0.137. The Labute approximate surface area is 181 Å². The number of ether oxygens (including phenoxy) is 1. The molecule has 1 fully saturated rings. The molecule has 168 valence electrons. The van der Waals surface area contributed by atoms with Crippen LogP contribution in [0.15, 0.2) is 48.8 Å². The molecule has 1 aromatic heterocycles. The fraction of sp³-hybridized carbons (Fsp3) is 0.333. The van der Waals surface area contributed by atoms with Gasteiger partial charge in [0, 0.05) is 24.6 Å². The summed E-state index contributed by atoms with van der Waals surface area (Å²) in [7, 11) is 1.57. The van der Waals surface area contributed by atoms with E-state index < -0.39 is 17.8 Å². The highest BCUT2D eigenvalue weighted by Crippen LogP contribution is 2.32. The number of carbonyl (C=O) groups is 1. The van der Waals surface area contributed by atoms with E-state index in [1.54, 1.807) is 7.11 Å². The van der Waals surface area contributed by atoms with Gasteiger partial charge in [-0.25, -0.2) is 4.68 Å². The molecule has 3 aromatic rings. The first-order chi connectivity index (χ1) is 15.3. The summed E-state index contributed by atoms with van der Waals surface area (Å²) >= 11 is 0. The number of nitrogens with zero attached hydrogens (tertiary/aromatic N) is 4. The molecule has 0 radical (unpaired) electrons.